The van der Waals surface area contributed by atoms with E-state index in [0.717, 1.165) is 44.4 Å². The highest BCUT2D eigenvalue weighted by Crippen LogP contribution is 2.40. The van der Waals surface area contributed by atoms with Gasteiger partial charge in [-0.1, -0.05) is 30.3 Å². The average molecular weight is 570 g/mol. The number of ether oxygens (including phenoxy) is 2. The molecular formula is C30H27N5O5S. The van der Waals surface area contributed by atoms with Gasteiger partial charge in [0, 0.05) is 22.4 Å². The van der Waals surface area contributed by atoms with E-state index in [0.29, 0.717) is 12.2 Å². The minimum Gasteiger partial charge on any atom is -0.481 e. The summed E-state index contributed by atoms with van der Waals surface area (Å²) in [4.78, 5) is 29.2. The second-order valence-electron chi connectivity index (χ2n) is 9.60. The molecule has 0 amide bonds. The SMILES string of the molecule is COC(=O)CC[C@@H]1N=C(c2ccc(-c3ccc(OCC(=O)O)c(C#N)c3)cc2)c2c(sc(C)c2C)-n2c(C)nnc21. The molecule has 1 N–H and O–H groups in total. The molecule has 2 aromatic heterocycles. The highest BCUT2D eigenvalue weighted by atomic mass is 32.1. The first kappa shape index (κ1) is 27.7. The summed E-state index contributed by atoms with van der Waals surface area (Å²) in [6, 6.07) is 14.6. The van der Waals surface area contributed by atoms with Gasteiger partial charge < -0.3 is 14.6 Å². The van der Waals surface area contributed by atoms with Crippen molar-refractivity contribution < 1.29 is 24.2 Å². The number of carboxylic acids is 1. The molecule has 2 aromatic carbocycles. The second kappa shape index (κ2) is 11.3. The molecule has 0 saturated carbocycles. The molecule has 0 unspecified atom stereocenters. The molecule has 5 rings (SSSR count). The molecule has 4 aromatic rings. The van der Waals surface area contributed by atoms with Crippen molar-refractivity contribution in [3.63, 3.8) is 0 Å². The van der Waals surface area contributed by atoms with Gasteiger partial charge in [-0.15, -0.1) is 21.5 Å². The van der Waals surface area contributed by atoms with E-state index in [2.05, 4.69) is 30.1 Å². The maximum Gasteiger partial charge on any atom is 0.341 e. The molecule has 208 valence electrons. The van der Waals surface area contributed by atoms with Gasteiger partial charge in [0.1, 0.15) is 28.7 Å². The maximum atomic E-state index is 12.0. The van der Waals surface area contributed by atoms with E-state index in [1.165, 1.54) is 12.0 Å². The normalized spacial score (nSPS) is 13.8. The first-order chi connectivity index (χ1) is 19.7. The summed E-state index contributed by atoms with van der Waals surface area (Å²) in [6.07, 6.45) is 0.619. The number of fused-ring (bicyclic) bond motifs is 3. The minimum atomic E-state index is -1.11. The number of benzene rings is 2. The topological polar surface area (TPSA) is 140 Å². The number of hydrogen-bond acceptors (Lipinski definition) is 9. The van der Waals surface area contributed by atoms with Gasteiger partial charge >= 0.3 is 11.9 Å². The number of carboxylic acid groups (broad SMARTS) is 1. The van der Waals surface area contributed by atoms with Crippen molar-refractivity contribution in [1.29, 1.82) is 5.26 Å². The summed E-state index contributed by atoms with van der Waals surface area (Å²) in [5.74, 6) is 0.239. The number of rotatable bonds is 8. The van der Waals surface area contributed by atoms with Crippen molar-refractivity contribution in [2.45, 2.75) is 39.7 Å². The molecule has 41 heavy (non-hydrogen) atoms. The van der Waals surface area contributed by atoms with Crippen LogP contribution in [0.5, 0.6) is 5.75 Å². The number of esters is 1. The number of methoxy groups -OCH3 is 1. The number of nitrogens with zero attached hydrogens (tertiary/aromatic N) is 5. The average Bonchev–Trinajstić information content (AvgIpc) is 3.45. The Labute approximate surface area is 240 Å². The van der Waals surface area contributed by atoms with Gasteiger partial charge in [-0.2, -0.15) is 5.26 Å². The molecule has 1 aliphatic heterocycles. The van der Waals surface area contributed by atoms with Crippen molar-refractivity contribution in [2.75, 3.05) is 13.7 Å². The number of aryl methyl sites for hydroxylation is 2. The third kappa shape index (κ3) is 5.34. The number of nitriles is 1. The lowest BCUT2D eigenvalue weighted by molar-refractivity contribution is -0.141. The zero-order valence-electron chi connectivity index (χ0n) is 23.0. The van der Waals surface area contributed by atoms with Crippen molar-refractivity contribution in [1.82, 2.24) is 14.8 Å². The predicted octanol–water partition coefficient (Wildman–Crippen LogP) is 5.10. The number of carbonyl (C=O) groups excluding carboxylic acids is 1. The molecular weight excluding hydrogens is 542 g/mol. The van der Waals surface area contributed by atoms with Crippen LogP contribution in [0.2, 0.25) is 0 Å². The van der Waals surface area contributed by atoms with Gasteiger partial charge in [0.2, 0.25) is 0 Å². The van der Waals surface area contributed by atoms with Crippen LogP contribution in [0.25, 0.3) is 16.1 Å². The number of aliphatic carboxylic acids is 1. The van der Waals surface area contributed by atoms with Crippen molar-refractivity contribution >= 4 is 29.0 Å². The molecule has 0 aliphatic carbocycles. The number of aliphatic imine (C=N–C) groups is 1. The van der Waals surface area contributed by atoms with Crippen LogP contribution in [0, 0.1) is 32.1 Å². The van der Waals surface area contributed by atoms with Crippen LogP contribution in [0.1, 0.15) is 57.7 Å². The van der Waals surface area contributed by atoms with E-state index in [4.69, 9.17) is 19.6 Å². The summed E-state index contributed by atoms with van der Waals surface area (Å²) in [7, 11) is 1.37. The number of hydrogen-bond donors (Lipinski definition) is 1. The summed E-state index contributed by atoms with van der Waals surface area (Å²) in [5, 5.41) is 28.3. The van der Waals surface area contributed by atoms with E-state index < -0.39 is 18.6 Å². The van der Waals surface area contributed by atoms with Gasteiger partial charge in [-0.3, -0.25) is 14.4 Å². The van der Waals surface area contributed by atoms with Crippen molar-refractivity contribution in [2.24, 2.45) is 4.99 Å². The van der Waals surface area contributed by atoms with Crippen molar-refractivity contribution in [3.8, 4) is 27.9 Å². The molecule has 1 aliphatic rings. The van der Waals surface area contributed by atoms with Crippen LogP contribution >= 0.6 is 11.3 Å². The quantitative estimate of drug-likeness (QED) is 0.289. The van der Waals surface area contributed by atoms with E-state index in [1.807, 2.05) is 35.8 Å². The predicted molar refractivity (Wildman–Crippen MR) is 153 cm³/mol. The lowest BCUT2D eigenvalue weighted by atomic mass is 9.96. The summed E-state index contributed by atoms with van der Waals surface area (Å²) in [5.41, 5.74) is 5.76. The Kier molecular flexibility index (Phi) is 7.68. The van der Waals surface area contributed by atoms with Crippen LogP contribution in [-0.2, 0) is 14.3 Å². The van der Waals surface area contributed by atoms with Gasteiger partial charge in [-0.05, 0) is 56.0 Å². The van der Waals surface area contributed by atoms with E-state index in [1.54, 1.807) is 29.5 Å². The van der Waals surface area contributed by atoms with Gasteiger partial charge in [0.15, 0.2) is 12.4 Å². The largest absolute Gasteiger partial charge is 0.481 e. The van der Waals surface area contributed by atoms with Crippen LogP contribution in [-0.4, -0.2) is 51.2 Å². The lowest BCUT2D eigenvalue weighted by Crippen LogP contribution is -2.10. The fraction of sp³-hybridized carbons (Fsp3) is 0.267. The highest BCUT2D eigenvalue weighted by Gasteiger charge is 2.31. The summed E-state index contributed by atoms with van der Waals surface area (Å²) >= 11 is 1.66. The van der Waals surface area contributed by atoms with Crippen LogP contribution in [0.4, 0.5) is 0 Å². The van der Waals surface area contributed by atoms with E-state index >= 15 is 0 Å². The Bertz CT molecular complexity index is 1730. The molecule has 0 spiro atoms. The molecule has 3 heterocycles. The zero-order chi connectivity index (χ0) is 29.3. The number of aromatic nitrogens is 3. The fourth-order valence-electron chi connectivity index (χ4n) is 4.82. The minimum absolute atomic E-state index is 0.196. The van der Waals surface area contributed by atoms with Gasteiger partial charge in [0.05, 0.1) is 18.4 Å². The fourth-order valence-corrected chi connectivity index (χ4v) is 6.03. The molecule has 0 radical (unpaired) electrons. The number of thiophene rings is 1. The van der Waals surface area contributed by atoms with Crippen LogP contribution in [0.15, 0.2) is 47.5 Å². The molecule has 1 atom stereocenters. The lowest BCUT2D eigenvalue weighted by Gasteiger charge is -2.13. The molecule has 0 bridgehead atoms. The molecule has 10 nitrogen and oxygen atoms in total. The van der Waals surface area contributed by atoms with Gasteiger partial charge in [-0.25, -0.2) is 4.79 Å². The van der Waals surface area contributed by atoms with Crippen LogP contribution in [0.3, 0.4) is 0 Å². The second-order valence-corrected chi connectivity index (χ2v) is 10.8. The zero-order valence-corrected chi connectivity index (χ0v) is 23.8. The highest BCUT2D eigenvalue weighted by molar-refractivity contribution is 7.15. The standard InChI is InChI=1S/C30H27N5O5S/c1-16-17(2)41-30-27(16)28(32-23(10-12-26(38)39-4)29-34-33-18(3)35(29)30)20-7-5-19(6-8-20)21-9-11-24(22(13-21)14-31)40-15-25(36)37/h5-9,11,13,23H,10,12,15H2,1-4H3,(H,36,37)/t23-/m0/s1. The smallest absolute Gasteiger partial charge is 0.341 e. The van der Waals surface area contributed by atoms with Crippen molar-refractivity contribution in [3.05, 3.63) is 81.2 Å². The van der Waals surface area contributed by atoms with E-state index in [9.17, 15) is 14.9 Å². The first-order valence-electron chi connectivity index (χ1n) is 12.9. The Balaban J connectivity index is 1.56. The Morgan fingerprint density at radius 1 is 1.07 bits per heavy atom. The monoisotopic (exact) mass is 569 g/mol. The first-order valence-corrected chi connectivity index (χ1v) is 13.7. The maximum absolute atomic E-state index is 12.0. The van der Waals surface area contributed by atoms with Gasteiger partial charge in [0.25, 0.3) is 0 Å². The Hall–Kier alpha value is -4.82. The Morgan fingerprint density at radius 3 is 2.46 bits per heavy atom. The van der Waals surface area contributed by atoms with E-state index in [-0.39, 0.29) is 23.7 Å². The molecule has 11 heteroatoms. The molecule has 0 fully saturated rings. The third-order valence-corrected chi connectivity index (χ3v) is 8.22. The number of carbonyl (C=O) groups is 2. The Morgan fingerprint density at radius 2 is 1.78 bits per heavy atom. The van der Waals surface area contributed by atoms with Crippen LogP contribution < -0.4 is 4.74 Å². The summed E-state index contributed by atoms with van der Waals surface area (Å²) in [6.45, 7) is 5.56. The molecule has 0 saturated heterocycles. The third-order valence-electron chi connectivity index (χ3n) is 7.03. The summed E-state index contributed by atoms with van der Waals surface area (Å²) < 4.78 is 12.2.